The van der Waals surface area contributed by atoms with Crippen LogP contribution in [0.1, 0.15) is 25.5 Å². The Morgan fingerprint density at radius 3 is 2.36 bits per heavy atom. The molecule has 0 spiro atoms. The van der Waals surface area contributed by atoms with Gasteiger partial charge in [-0.3, -0.25) is 9.59 Å². The summed E-state index contributed by atoms with van der Waals surface area (Å²) in [5.74, 6) is -3.83. The molecule has 0 bridgehead atoms. The molecule has 0 amide bonds. The molecule has 1 aromatic carbocycles. The topological polar surface area (TPSA) is 92.7 Å². The van der Waals surface area contributed by atoms with Gasteiger partial charge < -0.3 is 15.2 Å². The number of hydrogen-bond donors (Lipinski definition) is 2. The van der Waals surface area contributed by atoms with Crippen molar-refractivity contribution in [1.82, 2.24) is 5.32 Å². The van der Waals surface area contributed by atoms with Crippen molar-refractivity contribution in [3.8, 4) is 0 Å². The summed E-state index contributed by atoms with van der Waals surface area (Å²) in [6.45, 7) is 2.48. The third-order valence-electron chi connectivity index (χ3n) is 2.88. The first kappa shape index (κ1) is 17.4. The molecule has 1 aromatic rings. The molecule has 6 nitrogen and oxygen atoms in total. The number of ether oxygens (including phenoxy) is 1. The van der Waals surface area contributed by atoms with Crippen molar-refractivity contribution in [2.45, 2.75) is 20.0 Å². The molecule has 2 N–H and O–H groups in total. The van der Waals surface area contributed by atoms with E-state index in [9.17, 15) is 23.9 Å². The highest BCUT2D eigenvalue weighted by atomic mass is 19.1. The van der Waals surface area contributed by atoms with E-state index in [1.54, 1.807) is 0 Å². The van der Waals surface area contributed by atoms with Crippen LogP contribution in [-0.4, -0.2) is 29.9 Å². The number of aliphatic carboxylic acids is 1. The SMILES string of the molecule is CN/C(C)=C(/C(=O)O)C(=O)C(OC(C)=O)c1cccc(F)c1. The van der Waals surface area contributed by atoms with E-state index in [-0.39, 0.29) is 11.3 Å². The fourth-order valence-corrected chi connectivity index (χ4v) is 1.82. The van der Waals surface area contributed by atoms with Crippen LogP contribution in [0.4, 0.5) is 4.39 Å². The van der Waals surface area contributed by atoms with Crippen LogP contribution in [-0.2, 0) is 19.1 Å². The zero-order valence-electron chi connectivity index (χ0n) is 12.3. The van der Waals surface area contributed by atoms with Gasteiger partial charge in [0.2, 0.25) is 5.78 Å². The third-order valence-corrected chi connectivity index (χ3v) is 2.88. The highest BCUT2D eigenvalue weighted by Gasteiger charge is 2.32. The second kappa shape index (κ2) is 7.35. The van der Waals surface area contributed by atoms with Gasteiger partial charge in [-0.2, -0.15) is 0 Å². The lowest BCUT2D eigenvalue weighted by molar-refractivity contribution is -0.153. The maximum absolute atomic E-state index is 13.3. The van der Waals surface area contributed by atoms with Crippen molar-refractivity contribution in [3.63, 3.8) is 0 Å². The van der Waals surface area contributed by atoms with Crippen LogP contribution >= 0.6 is 0 Å². The Hall–Kier alpha value is -2.70. The van der Waals surface area contributed by atoms with Crippen molar-refractivity contribution in [3.05, 3.63) is 46.9 Å². The summed E-state index contributed by atoms with van der Waals surface area (Å²) >= 11 is 0. The quantitative estimate of drug-likeness (QED) is 0.359. The molecule has 0 aromatic heterocycles. The molecule has 0 aliphatic rings. The molecule has 1 rings (SSSR count). The highest BCUT2D eigenvalue weighted by Crippen LogP contribution is 2.24. The van der Waals surface area contributed by atoms with E-state index in [2.05, 4.69) is 5.32 Å². The standard InChI is InChI=1S/C15H16FNO5/c1-8(17-3)12(15(20)21)13(19)14(22-9(2)18)10-5-4-6-11(16)7-10/h4-7,14,17H,1-3H3,(H,20,21)/b12-8+. The van der Waals surface area contributed by atoms with Gasteiger partial charge in [0.15, 0.2) is 6.10 Å². The smallest absolute Gasteiger partial charge is 0.341 e. The predicted molar refractivity (Wildman–Crippen MR) is 75.3 cm³/mol. The molecular formula is C15H16FNO5. The molecule has 0 radical (unpaired) electrons. The average molecular weight is 309 g/mol. The van der Waals surface area contributed by atoms with Gasteiger partial charge in [0.05, 0.1) is 0 Å². The lowest BCUT2D eigenvalue weighted by Crippen LogP contribution is -2.27. The number of carboxylic acids is 1. The number of rotatable bonds is 6. The van der Waals surface area contributed by atoms with Gasteiger partial charge in [-0.25, -0.2) is 9.18 Å². The summed E-state index contributed by atoms with van der Waals surface area (Å²) in [7, 11) is 1.45. The van der Waals surface area contributed by atoms with Gasteiger partial charge in [0, 0.05) is 25.2 Å². The van der Waals surface area contributed by atoms with Crippen LogP contribution in [0.25, 0.3) is 0 Å². The van der Waals surface area contributed by atoms with E-state index in [4.69, 9.17) is 4.74 Å². The lowest BCUT2D eigenvalue weighted by Gasteiger charge is -2.18. The van der Waals surface area contributed by atoms with Gasteiger partial charge in [0.25, 0.3) is 0 Å². The Morgan fingerprint density at radius 2 is 1.91 bits per heavy atom. The van der Waals surface area contributed by atoms with Gasteiger partial charge in [-0.05, 0) is 19.1 Å². The van der Waals surface area contributed by atoms with E-state index >= 15 is 0 Å². The van der Waals surface area contributed by atoms with Crippen LogP contribution in [0.2, 0.25) is 0 Å². The van der Waals surface area contributed by atoms with E-state index in [0.717, 1.165) is 19.1 Å². The second-order valence-electron chi connectivity index (χ2n) is 4.46. The van der Waals surface area contributed by atoms with Gasteiger partial charge >= 0.3 is 11.9 Å². The van der Waals surface area contributed by atoms with Crippen LogP contribution in [0.15, 0.2) is 35.5 Å². The maximum atomic E-state index is 13.3. The second-order valence-corrected chi connectivity index (χ2v) is 4.46. The molecule has 118 valence electrons. The molecule has 0 heterocycles. The third kappa shape index (κ3) is 4.15. The average Bonchev–Trinajstić information content (AvgIpc) is 2.43. The summed E-state index contributed by atoms with van der Waals surface area (Å²) in [4.78, 5) is 35.0. The number of allylic oxidation sites excluding steroid dienone is 1. The van der Waals surface area contributed by atoms with E-state index in [1.165, 1.54) is 26.1 Å². The number of halogens is 1. The summed E-state index contributed by atoms with van der Waals surface area (Å²) < 4.78 is 18.2. The number of ketones is 1. The molecule has 7 heteroatoms. The fraction of sp³-hybridized carbons (Fsp3) is 0.267. The number of carboxylic acid groups (broad SMARTS) is 1. The van der Waals surface area contributed by atoms with E-state index in [1.807, 2.05) is 0 Å². The molecule has 0 aliphatic carbocycles. The minimum atomic E-state index is -1.53. The Balaban J connectivity index is 3.36. The Bertz CT molecular complexity index is 639. The Kier molecular flexibility index (Phi) is 5.80. The zero-order chi connectivity index (χ0) is 16.9. The zero-order valence-corrected chi connectivity index (χ0v) is 12.3. The monoisotopic (exact) mass is 309 g/mol. The first-order valence-electron chi connectivity index (χ1n) is 6.36. The number of Topliss-reactive ketones (excluding diaryl/α,β-unsaturated/α-hetero) is 1. The summed E-state index contributed by atoms with van der Waals surface area (Å²) in [6.07, 6.45) is -1.53. The van der Waals surface area contributed by atoms with Crippen LogP contribution < -0.4 is 5.32 Å². The number of nitrogens with one attached hydrogen (secondary N) is 1. The highest BCUT2D eigenvalue weighted by molar-refractivity contribution is 6.19. The summed E-state index contributed by atoms with van der Waals surface area (Å²) in [5.41, 5.74) is -0.396. The number of esters is 1. The van der Waals surface area contributed by atoms with Crippen molar-refractivity contribution < 1.29 is 28.6 Å². The molecule has 0 aliphatic heterocycles. The van der Waals surface area contributed by atoms with E-state index in [0.29, 0.717) is 0 Å². The number of carbonyl (C=O) groups is 3. The molecule has 1 unspecified atom stereocenters. The molecule has 0 saturated carbocycles. The molecule has 0 saturated heterocycles. The Labute approximate surface area is 126 Å². The van der Waals surface area contributed by atoms with Crippen molar-refractivity contribution in [1.29, 1.82) is 0 Å². The molecule has 0 fully saturated rings. The molecular weight excluding hydrogens is 293 g/mol. The van der Waals surface area contributed by atoms with Crippen molar-refractivity contribution in [2.75, 3.05) is 7.05 Å². The van der Waals surface area contributed by atoms with Crippen LogP contribution in [0.3, 0.4) is 0 Å². The predicted octanol–water partition coefficient (Wildman–Crippen LogP) is 1.58. The number of benzene rings is 1. The van der Waals surface area contributed by atoms with Crippen LogP contribution in [0.5, 0.6) is 0 Å². The summed E-state index contributed by atoms with van der Waals surface area (Å²) in [6, 6.07) is 4.89. The van der Waals surface area contributed by atoms with Gasteiger partial charge in [0.1, 0.15) is 11.4 Å². The fourth-order valence-electron chi connectivity index (χ4n) is 1.82. The van der Waals surface area contributed by atoms with Crippen LogP contribution in [0, 0.1) is 5.82 Å². The largest absolute Gasteiger partial charge is 0.477 e. The van der Waals surface area contributed by atoms with Crippen molar-refractivity contribution >= 4 is 17.7 Å². The van der Waals surface area contributed by atoms with Gasteiger partial charge in [-0.15, -0.1) is 0 Å². The first-order chi connectivity index (χ1) is 10.3. The number of hydrogen-bond acceptors (Lipinski definition) is 5. The summed E-state index contributed by atoms with van der Waals surface area (Å²) in [5, 5.41) is 11.8. The minimum Gasteiger partial charge on any atom is -0.477 e. The first-order valence-corrected chi connectivity index (χ1v) is 6.36. The maximum Gasteiger partial charge on any atom is 0.341 e. The number of carbonyl (C=O) groups excluding carboxylic acids is 2. The van der Waals surface area contributed by atoms with Gasteiger partial charge in [-0.1, -0.05) is 12.1 Å². The molecule has 1 atom stereocenters. The lowest BCUT2D eigenvalue weighted by atomic mass is 9.98. The van der Waals surface area contributed by atoms with E-state index < -0.39 is 35.2 Å². The Morgan fingerprint density at radius 1 is 1.27 bits per heavy atom. The normalized spacial score (nSPS) is 12.9. The molecule has 22 heavy (non-hydrogen) atoms. The minimum absolute atomic E-state index is 0.0582. The van der Waals surface area contributed by atoms with Crippen molar-refractivity contribution in [2.24, 2.45) is 0 Å².